The molecule has 4 rings (SSSR count). The van der Waals surface area contributed by atoms with Gasteiger partial charge in [-0.2, -0.15) is 0 Å². The van der Waals surface area contributed by atoms with Crippen LogP contribution in [0.25, 0.3) is 22.0 Å². The van der Waals surface area contributed by atoms with Gasteiger partial charge in [-0.1, -0.05) is 47.6 Å². The molecular formula is C28H31N5O4. The van der Waals surface area contributed by atoms with Crippen molar-refractivity contribution in [3.63, 3.8) is 0 Å². The van der Waals surface area contributed by atoms with Crippen LogP contribution in [-0.4, -0.2) is 45.4 Å². The van der Waals surface area contributed by atoms with Gasteiger partial charge in [0, 0.05) is 34.4 Å². The van der Waals surface area contributed by atoms with Gasteiger partial charge in [-0.05, 0) is 50.5 Å². The molecule has 0 aliphatic rings. The standard InChI is InChI=1S/C28H31N5O4/c1-28(2,3)37-27(34)32-22(12-21-15-31-25-7-5-4-6-24(21)25)17-36-23-13-20(14-30-16-23)18-8-10-19(11-9-18)26(29)33-35/h4-11,13-16,22,31,35H,12,17H2,1-3H3,(H2,29,33)(H,32,34)/t22-/m0/s1. The molecule has 0 saturated carbocycles. The van der Waals surface area contributed by atoms with E-state index in [-0.39, 0.29) is 18.5 Å². The maximum absolute atomic E-state index is 12.6. The average molecular weight is 502 g/mol. The van der Waals surface area contributed by atoms with Crippen molar-refractivity contribution >= 4 is 22.8 Å². The molecule has 9 heteroatoms. The first-order valence-corrected chi connectivity index (χ1v) is 11.9. The number of amides is 1. The van der Waals surface area contributed by atoms with Crippen molar-refractivity contribution < 1.29 is 19.5 Å². The van der Waals surface area contributed by atoms with E-state index in [1.54, 1.807) is 24.5 Å². The molecule has 2 aromatic heterocycles. The van der Waals surface area contributed by atoms with Crippen LogP contribution in [0.15, 0.2) is 78.3 Å². The lowest BCUT2D eigenvalue weighted by Crippen LogP contribution is -2.43. The second-order valence-corrected chi connectivity index (χ2v) is 9.69. The van der Waals surface area contributed by atoms with Crippen LogP contribution in [0, 0.1) is 0 Å². The zero-order valence-corrected chi connectivity index (χ0v) is 21.1. The molecular weight excluding hydrogens is 470 g/mol. The van der Waals surface area contributed by atoms with Crippen molar-refractivity contribution in [1.29, 1.82) is 0 Å². The number of fused-ring (bicyclic) bond motifs is 1. The molecule has 1 amide bonds. The molecule has 0 spiro atoms. The largest absolute Gasteiger partial charge is 0.490 e. The molecule has 0 bridgehead atoms. The number of H-pyrrole nitrogens is 1. The van der Waals surface area contributed by atoms with Crippen molar-refractivity contribution in [3.05, 3.63) is 84.3 Å². The normalized spacial score (nSPS) is 12.8. The summed E-state index contributed by atoms with van der Waals surface area (Å²) in [6.07, 6.45) is 5.36. The second-order valence-electron chi connectivity index (χ2n) is 9.69. The smallest absolute Gasteiger partial charge is 0.408 e. The Morgan fingerprint density at radius 2 is 1.89 bits per heavy atom. The number of aromatic nitrogens is 2. The summed E-state index contributed by atoms with van der Waals surface area (Å²) < 4.78 is 11.6. The lowest BCUT2D eigenvalue weighted by Gasteiger charge is -2.24. The van der Waals surface area contributed by atoms with E-state index in [1.165, 1.54) is 0 Å². The zero-order valence-electron chi connectivity index (χ0n) is 21.1. The summed E-state index contributed by atoms with van der Waals surface area (Å²) >= 11 is 0. The zero-order chi connectivity index (χ0) is 26.4. The SMILES string of the molecule is CC(C)(C)OC(=O)N[C@H](COc1cncc(-c2ccc(C(N)=NO)cc2)c1)Cc1c[nH]c2ccccc12. The molecule has 0 radical (unpaired) electrons. The van der Waals surface area contributed by atoms with Crippen molar-refractivity contribution in [2.75, 3.05) is 6.61 Å². The first-order valence-electron chi connectivity index (χ1n) is 11.9. The molecule has 0 fully saturated rings. The molecule has 5 N–H and O–H groups in total. The van der Waals surface area contributed by atoms with Crippen LogP contribution < -0.4 is 15.8 Å². The highest BCUT2D eigenvalue weighted by Gasteiger charge is 2.21. The molecule has 2 aromatic carbocycles. The van der Waals surface area contributed by atoms with Crippen LogP contribution in [0.3, 0.4) is 0 Å². The van der Waals surface area contributed by atoms with Gasteiger partial charge >= 0.3 is 6.09 Å². The molecule has 0 unspecified atom stereocenters. The van der Waals surface area contributed by atoms with Crippen molar-refractivity contribution in [2.24, 2.45) is 10.9 Å². The number of benzene rings is 2. The Labute approximate surface area is 215 Å². The predicted molar refractivity (Wildman–Crippen MR) is 143 cm³/mol. The number of oxime groups is 1. The lowest BCUT2D eigenvalue weighted by molar-refractivity contribution is 0.0488. The Morgan fingerprint density at radius 3 is 2.62 bits per heavy atom. The highest BCUT2D eigenvalue weighted by molar-refractivity contribution is 5.97. The number of carbonyl (C=O) groups is 1. The van der Waals surface area contributed by atoms with E-state index >= 15 is 0 Å². The molecule has 2 heterocycles. The van der Waals surface area contributed by atoms with Crippen LogP contribution in [0.1, 0.15) is 31.9 Å². The molecule has 192 valence electrons. The first kappa shape index (κ1) is 25.6. The minimum absolute atomic E-state index is 0.0421. The number of carbonyl (C=O) groups excluding carboxylic acids is 1. The van der Waals surface area contributed by atoms with Crippen LogP contribution in [0.2, 0.25) is 0 Å². The highest BCUT2D eigenvalue weighted by atomic mass is 16.6. The third kappa shape index (κ3) is 6.78. The number of hydrogen-bond acceptors (Lipinski definition) is 6. The number of hydrogen-bond donors (Lipinski definition) is 4. The fourth-order valence-electron chi connectivity index (χ4n) is 3.94. The van der Waals surface area contributed by atoms with Crippen LogP contribution in [0.5, 0.6) is 5.75 Å². The average Bonchev–Trinajstić information content (AvgIpc) is 3.28. The number of nitrogens with one attached hydrogen (secondary N) is 2. The Morgan fingerprint density at radius 1 is 1.14 bits per heavy atom. The first-order chi connectivity index (χ1) is 17.7. The van der Waals surface area contributed by atoms with Crippen molar-refractivity contribution in [3.8, 4) is 16.9 Å². The minimum atomic E-state index is -0.613. The quantitative estimate of drug-likeness (QED) is 0.118. The Balaban J connectivity index is 1.50. The van der Waals surface area contributed by atoms with Crippen LogP contribution in [-0.2, 0) is 11.2 Å². The fourth-order valence-corrected chi connectivity index (χ4v) is 3.94. The Bertz CT molecular complexity index is 1390. The van der Waals surface area contributed by atoms with E-state index in [4.69, 9.17) is 20.4 Å². The molecule has 0 saturated heterocycles. The summed E-state index contributed by atoms with van der Waals surface area (Å²) in [7, 11) is 0. The monoisotopic (exact) mass is 501 g/mol. The van der Waals surface area contributed by atoms with Crippen molar-refractivity contribution in [2.45, 2.75) is 38.8 Å². The molecule has 9 nitrogen and oxygen atoms in total. The number of para-hydroxylation sites is 1. The number of nitrogens with two attached hydrogens (primary N) is 1. The van der Waals surface area contributed by atoms with Gasteiger partial charge in [0.1, 0.15) is 18.0 Å². The lowest BCUT2D eigenvalue weighted by atomic mass is 10.0. The molecule has 0 aliphatic heterocycles. The number of nitrogens with zero attached hydrogens (tertiary/aromatic N) is 2. The second kappa shape index (κ2) is 11.0. The number of amidine groups is 1. The number of alkyl carbamates (subject to hydrolysis) is 1. The summed E-state index contributed by atoms with van der Waals surface area (Å²) in [6.45, 7) is 5.69. The molecule has 37 heavy (non-hydrogen) atoms. The van der Waals surface area contributed by atoms with Gasteiger partial charge in [0.2, 0.25) is 0 Å². The van der Waals surface area contributed by atoms with Gasteiger partial charge < -0.3 is 30.7 Å². The molecule has 4 aromatic rings. The summed E-state index contributed by atoms with van der Waals surface area (Å²) in [4.78, 5) is 20.2. The van der Waals surface area contributed by atoms with E-state index in [1.807, 2.05) is 69.4 Å². The van der Waals surface area contributed by atoms with E-state index in [0.717, 1.165) is 27.6 Å². The summed E-state index contributed by atoms with van der Waals surface area (Å²) in [5, 5.41) is 15.9. The van der Waals surface area contributed by atoms with E-state index in [0.29, 0.717) is 17.7 Å². The predicted octanol–water partition coefficient (Wildman–Crippen LogP) is 4.84. The van der Waals surface area contributed by atoms with E-state index in [2.05, 4.69) is 20.4 Å². The molecule has 0 aliphatic carbocycles. The summed E-state index contributed by atoms with van der Waals surface area (Å²) in [5.74, 6) is 0.605. The number of aromatic amines is 1. The van der Waals surface area contributed by atoms with Crippen LogP contribution in [0.4, 0.5) is 4.79 Å². The maximum atomic E-state index is 12.6. The topological polar surface area (TPSA) is 135 Å². The minimum Gasteiger partial charge on any atom is -0.490 e. The van der Waals surface area contributed by atoms with Gasteiger partial charge in [0.05, 0.1) is 12.2 Å². The Hall–Kier alpha value is -4.53. The van der Waals surface area contributed by atoms with Gasteiger partial charge in [-0.3, -0.25) is 4.98 Å². The molecule has 1 atom stereocenters. The summed E-state index contributed by atoms with van der Waals surface area (Å²) in [5.41, 5.74) is 9.49. The highest BCUT2D eigenvalue weighted by Crippen LogP contribution is 2.24. The van der Waals surface area contributed by atoms with Crippen molar-refractivity contribution in [1.82, 2.24) is 15.3 Å². The Kier molecular flexibility index (Phi) is 7.62. The van der Waals surface area contributed by atoms with Crippen LogP contribution >= 0.6 is 0 Å². The number of pyridine rings is 1. The van der Waals surface area contributed by atoms with Gasteiger partial charge in [0.25, 0.3) is 0 Å². The van der Waals surface area contributed by atoms with Gasteiger partial charge in [-0.15, -0.1) is 0 Å². The van der Waals surface area contributed by atoms with E-state index in [9.17, 15) is 4.79 Å². The number of ether oxygens (including phenoxy) is 2. The summed E-state index contributed by atoms with van der Waals surface area (Å²) in [6, 6.07) is 16.8. The van der Waals surface area contributed by atoms with Gasteiger partial charge in [0.15, 0.2) is 5.84 Å². The maximum Gasteiger partial charge on any atom is 0.408 e. The van der Waals surface area contributed by atoms with E-state index < -0.39 is 11.7 Å². The third-order valence-corrected chi connectivity index (χ3v) is 5.65. The van der Waals surface area contributed by atoms with Gasteiger partial charge in [-0.25, -0.2) is 4.79 Å². The fraction of sp³-hybridized carbons (Fsp3) is 0.250. The third-order valence-electron chi connectivity index (χ3n) is 5.65. The number of rotatable bonds is 8.